The molecule has 0 aromatic rings. The van der Waals surface area contributed by atoms with Gasteiger partial charge in [-0.05, 0) is 32.7 Å². The second kappa shape index (κ2) is 4.35. The van der Waals surface area contributed by atoms with Gasteiger partial charge in [-0.15, -0.1) is 0 Å². The Morgan fingerprint density at radius 1 is 1.06 bits per heavy atom. The summed E-state index contributed by atoms with van der Waals surface area (Å²) in [7, 11) is 2.08. The van der Waals surface area contributed by atoms with Crippen LogP contribution < -0.4 is 0 Å². The minimum absolute atomic E-state index is 0.452. The Balaban J connectivity index is 2.16. The molecule has 1 aliphatic carbocycles. The maximum atomic E-state index is 10.8. The molecule has 0 aromatic carbocycles. The lowest BCUT2D eigenvalue weighted by Crippen LogP contribution is -2.54. The second-order valence-corrected chi connectivity index (χ2v) is 5.59. The molecule has 1 aliphatic heterocycles. The fourth-order valence-electron chi connectivity index (χ4n) is 3.30. The van der Waals surface area contributed by atoms with E-state index in [0.29, 0.717) is 0 Å². The molecular formula is C13H22N2O. The molecule has 0 radical (unpaired) electrons. The van der Waals surface area contributed by atoms with Crippen molar-refractivity contribution >= 4 is 0 Å². The quantitative estimate of drug-likeness (QED) is 0.737. The molecule has 0 unspecified atom stereocenters. The van der Waals surface area contributed by atoms with Gasteiger partial charge in [-0.3, -0.25) is 0 Å². The molecule has 1 N–H and O–H groups in total. The highest BCUT2D eigenvalue weighted by Gasteiger charge is 2.51. The van der Waals surface area contributed by atoms with Gasteiger partial charge in [0.25, 0.3) is 0 Å². The third-order valence-electron chi connectivity index (χ3n) is 4.63. The lowest BCUT2D eigenvalue weighted by Gasteiger charge is -2.48. The van der Waals surface area contributed by atoms with Gasteiger partial charge in [0, 0.05) is 13.1 Å². The zero-order valence-electron chi connectivity index (χ0n) is 10.2. The van der Waals surface area contributed by atoms with Crippen LogP contribution in [0, 0.1) is 16.7 Å². The molecule has 1 saturated heterocycles. The Labute approximate surface area is 98.1 Å². The van der Waals surface area contributed by atoms with Crippen molar-refractivity contribution in [2.24, 2.45) is 5.41 Å². The number of nitrogens with zero attached hydrogens (tertiary/aromatic N) is 2. The van der Waals surface area contributed by atoms with E-state index in [1.807, 2.05) is 0 Å². The Hall–Kier alpha value is -0.590. The van der Waals surface area contributed by atoms with Crippen LogP contribution in [0.15, 0.2) is 0 Å². The van der Waals surface area contributed by atoms with Gasteiger partial charge in [0.15, 0.2) is 0 Å². The highest BCUT2D eigenvalue weighted by Crippen LogP contribution is 2.48. The molecule has 0 bridgehead atoms. The van der Waals surface area contributed by atoms with Crippen molar-refractivity contribution in [1.82, 2.24) is 4.90 Å². The van der Waals surface area contributed by atoms with E-state index in [-0.39, 0.29) is 0 Å². The molecule has 0 amide bonds. The average molecular weight is 222 g/mol. The lowest BCUT2D eigenvalue weighted by molar-refractivity contribution is -0.107. The van der Waals surface area contributed by atoms with Crippen LogP contribution >= 0.6 is 0 Å². The molecule has 3 heteroatoms. The maximum Gasteiger partial charge on any atom is 0.0861 e. The van der Waals surface area contributed by atoms with E-state index in [2.05, 4.69) is 18.0 Å². The van der Waals surface area contributed by atoms with Gasteiger partial charge >= 0.3 is 0 Å². The Morgan fingerprint density at radius 3 is 2.12 bits per heavy atom. The predicted octanol–water partition coefficient (Wildman–Crippen LogP) is 1.92. The van der Waals surface area contributed by atoms with Crippen LogP contribution in [0.2, 0.25) is 0 Å². The molecule has 0 aromatic heterocycles. The first-order valence-corrected chi connectivity index (χ1v) is 6.44. The van der Waals surface area contributed by atoms with Gasteiger partial charge in [-0.2, -0.15) is 5.26 Å². The summed E-state index contributed by atoms with van der Waals surface area (Å²) in [5.74, 6) is 0. The van der Waals surface area contributed by atoms with Gasteiger partial charge in [-0.1, -0.05) is 19.3 Å². The van der Waals surface area contributed by atoms with Crippen molar-refractivity contribution in [3.05, 3.63) is 0 Å². The fraction of sp³-hybridized carbons (Fsp3) is 0.923. The minimum Gasteiger partial charge on any atom is -0.388 e. The molecule has 1 saturated carbocycles. The normalized spacial score (nSPS) is 29.6. The molecule has 90 valence electrons. The van der Waals surface area contributed by atoms with E-state index in [0.717, 1.165) is 51.6 Å². The van der Waals surface area contributed by atoms with Gasteiger partial charge in [0.1, 0.15) is 0 Å². The van der Waals surface area contributed by atoms with Crippen LogP contribution in [0.4, 0.5) is 0 Å². The monoisotopic (exact) mass is 222 g/mol. The van der Waals surface area contributed by atoms with Crippen molar-refractivity contribution in [3.63, 3.8) is 0 Å². The van der Waals surface area contributed by atoms with E-state index in [1.54, 1.807) is 0 Å². The number of hydrogen-bond donors (Lipinski definition) is 1. The first-order chi connectivity index (χ1) is 7.62. The smallest absolute Gasteiger partial charge is 0.0861 e. The van der Waals surface area contributed by atoms with Gasteiger partial charge < -0.3 is 10.0 Å². The summed E-state index contributed by atoms with van der Waals surface area (Å²) >= 11 is 0. The SMILES string of the molecule is CN1CCC(O)(C2(C#N)CCCCC2)CC1. The van der Waals surface area contributed by atoms with Crippen molar-refractivity contribution < 1.29 is 5.11 Å². The Bertz CT molecular complexity index is 281. The number of nitriles is 1. The van der Waals surface area contributed by atoms with E-state index in [1.165, 1.54) is 6.42 Å². The summed E-state index contributed by atoms with van der Waals surface area (Å²) in [6, 6.07) is 2.47. The summed E-state index contributed by atoms with van der Waals surface area (Å²) in [5.41, 5.74) is -1.18. The molecule has 16 heavy (non-hydrogen) atoms. The molecule has 2 fully saturated rings. The molecule has 2 aliphatic rings. The zero-order valence-corrected chi connectivity index (χ0v) is 10.2. The van der Waals surface area contributed by atoms with E-state index in [4.69, 9.17) is 0 Å². The molecular weight excluding hydrogens is 200 g/mol. The van der Waals surface area contributed by atoms with Crippen LogP contribution in [-0.2, 0) is 0 Å². The third kappa shape index (κ3) is 1.85. The first kappa shape index (κ1) is 11.9. The van der Waals surface area contributed by atoms with Crippen LogP contribution in [0.5, 0.6) is 0 Å². The van der Waals surface area contributed by atoms with E-state index >= 15 is 0 Å². The Morgan fingerprint density at radius 2 is 1.62 bits per heavy atom. The number of likely N-dealkylation sites (tertiary alicyclic amines) is 1. The highest BCUT2D eigenvalue weighted by atomic mass is 16.3. The van der Waals surface area contributed by atoms with Crippen molar-refractivity contribution in [1.29, 1.82) is 5.26 Å². The maximum absolute atomic E-state index is 10.8. The fourth-order valence-corrected chi connectivity index (χ4v) is 3.30. The number of hydrogen-bond acceptors (Lipinski definition) is 3. The highest BCUT2D eigenvalue weighted by molar-refractivity contribution is 5.13. The second-order valence-electron chi connectivity index (χ2n) is 5.59. The van der Waals surface area contributed by atoms with Gasteiger partial charge in [0.05, 0.1) is 17.1 Å². The summed E-state index contributed by atoms with van der Waals surface area (Å²) in [6.45, 7) is 1.83. The summed E-state index contributed by atoms with van der Waals surface area (Å²) < 4.78 is 0. The number of aliphatic hydroxyl groups is 1. The first-order valence-electron chi connectivity index (χ1n) is 6.44. The summed E-state index contributed by atoms with van der Waals surface area (Å²) in [6.07, 6.45) is 6.73. The lowest BCUT2D eigenvalue weighted by atomic mass is 9.61. The number of piperidine rings is 1. The van der Waals surface area contributed by atoms with Crippen LogP contribution in [-0.4, -0.2) is 35.7 Å². The van der Waals surface area contributed by atoms with Crippen molar-refractivity contribution in [2.45, 2.75) is 50.5 Å². The van der Waals surface area contributed by atoms with Gasteiger partial charge in [0.2, 0.25) is 0 Å². The topological polar surface area (TPSA) is 47.3 Å². The van der Waals surface area contributed by atoms with Crippen molar-refractivity contribution in [2.75, 3.05) is 20.1 Å². The minimum atomic E-state index is -0.727. The van der Waals surface area contributed by atoms with E-state index < -0.39 is 11.0 Å². The van der Waals surface area contributed by atoms with Crippen LogP contribution in [0.3, 0.4) is 0 Å². The largest absolute Gasteiger partial charge is 0.388 e. The molecule has 1 heterocycles. The number of rotatable bonds is 1. The summed E-state index contributed by atoms with van der Waals surface area (Å²) in [4.78, 5) is 2.24. The zero-order chi connectivity index (χ0) is 11.6. The van der Waals surface area contributed by atoms with Crippen molar-refractivity contribution in [3.8, 4) is 6.07 Å². The summed E-state index contributed by atoms with van der Waals surface area (Å²) in [5, 5.41) is 20.3. The molecule has 3 nitrogen and oxygen atoms in total. The third-order valence-corrected chi connectivity index (χ3v) is 4.63. The van der Waals surface area contributed by atoms with Crippen LogP contribution in [0.1, 0.15) is 44.9 Å². The molecule has 0 atom stereocenters. The molecule has 2 rings (SSSR count). The standard InChI is InChI=1S/C13H22N2O/c1-15-9-7-13(16,8-10-15)12(11-14)5-3-2-4-6-12/h16H,2-10H2,1H3. The predicted molar refractivity (Wildman–Crippen MR) is 62.8 cm³/mol. The van der Waals surface area contributed by atoms with Gasteiger partial charge in [-0.25, -0.2) is 0 Å². The Kier molecular flexibility index (Phi) is 3.23. The molecule has 0 spiro atoms. The average Bonchev–Trinajstić information content (AvgIpc) is 2.34. The van der Waals surface area contributed by atoms with Crippen LogP contribution in [0.25, 0.3) is 0 Å². The van der Waals surface area contributed by atoms with E-state index in [9.17, 15) is 10.4 Å².